The molecule has 0 aliphatic heterocycles. The third-order valence-electron chi connectivity index (χ3n) is 3.67. The van der Waals surface area contributed by atoms with Gasteiger partial charge in [-0.3, -0.25) is 4.79 Å². The summed E-state index contributed by atoms with van der Waals surface area (Å²) in [6.45, 7) is 0. The first-order valence-corrected chi connectivity index (χ1v) is 7.09. The Hall–Kier alpha value is -3.67. The number of nitrogens with zero attached hydrogens (tertiary/aromatic N) is 2. The number of nitrogens with one attached hydrogen (secondary N) is 1. The Morgan fingerprint density at radius 1 is 1.00 bits per heavy atom. The largest absolute Gasteiger partial charge is 0.496 e. The lowest BCUT2D eigenvalue weighted by atomic mass is 9.90. The van der Waals surface area contributed by atoms with Crippen molar-refractivity contribution in [3.8, 4) is 29.0 Å². The lowest BCUT2D eigenvalue weighted by Crippen LogP contribution is -2.19. The van der Waals surface area contributed by atoms with Gasteiger partial charge in [0.2, 0.25) is 0 Å². The van der Waals surface area contributed by atoms with Crippen LogP contribution in [0, 0.1) is 22.7 Å². The van der Waals surface area contributed by atoms with E-state index in [-0.39, 0.29) is 12.1 Å². The number of ether oxygens (including phenoxy) is 1. The number of nitrogen functional groups attached to an aromatic ring is 1. The first-order chi connectivity index (χ1) is 12.9. The van der Waals surface area contributed by atoms with E-state index in [9.17, 15) is 41.7 Å². The van der Waals surface area contributed by atoms with Gasteiger partial charge in [0, 0.05) is 11.1 Å². The summed E-state index contributed by atoms with van der Waals surface area (Å²) in [5.74, 6) is -1.60. The van der Waals surface area contributed by atoms with Crippen LogP contribution in [0.2, 0.25) is 0 Å². The number of methoxy groups -OCH3 is 1. The van der Waals surface area contributed by atoms with Gasteiger partial charge in [-0.1, -0.05) is 0 Å². The summed E-state index contributed by atoms with van der Waals surface area (Å²) < 4.78 is 84.5. The van der Waals surface area contributed by atoms with Gasteiger partial charge in [-0.25, -0.2) is 0 Å². The molecule has 6 nitrogen and oxygen atoms in total. The minimum absolute atomic E-state index is 0.197. The van der Waals surface area contributed by atoms with Crippen LogP contribution in [0.3, 0.4) is 0 Å². The fourth-order valence-electron chi connectivity index (χ4n) is 2.51. The Morgan fingerprint density at radius 2 is 1.57 bits per heavy atom. The number of pyridine rings is 1. The summed E-state index contributed by atoms with van der Waals surface area (Å²) in [6, 6.07) is 2.86. The van der Waals surface area contributed by atoms with E-state index in [1.54, 1.807) is 0 Å². The van der Waals surface area contributed by atoms with Crippen molar-refractivity contribution in [1.82, 2.24) is 4.98 Å². The standard InChI is InChI=1S/C16H8F6N4O2/c1-28-10-3-6(15(17,18)19)2-9(16(20,21)22)12(10)11-7(4-23)13(25)26-14(27)8(11)5-24/h2-3H,1H3,(H3,25,26,27). The van der Waals surface area contributed by atoms with Gasteiger partial charge in [0.15, 0.2) is 0 Å². The zero-order valence-corrected chi connectivity index (χ0v) is 13.7. The van der Waals surface area contributed by atoms with E-state index in [1.165, 1.54) is 12.1 Å². The number of hydrogen-bond donors (Lipinski definition) is 2. The van der Waals surface area contributed by atoms with Gasteiger partial charge in [0.25, 0.3) is 5.56 Å². The first-order valence-electron chi connectivity index (χ1n) is 7.09. The molecule has 0 spiro atoms. The average molecular weight is 402 g/mol. The smallest absolute Gasteiger partial charge is 0.417 e. The van der Waals surface area contributed by atoms with Crippen LogP contribution >= 0.6 is 0 Å². The van der Waals surface area contributed by atoms with Gasteiger partial charge in [-0.05, 0) is 12.1 Å². The molecule has 0 aliphatic rings. The summed E-state index contributed by atoms with van der Waals surface area (Å²) in [5, 5.41) is 18.4. The highest BCUT2D eigenvalue weighted by atomic mass is 19.4. The molecule has 1 heterocycles. The van der Waals surface area contributed by atoms with Gasteiger partial charge in [-0.2, -0.15) is 36.9 Å². The minimum atomic E-state index is -5.35. The number of alkyl halides is 6. The molecule has 0 amide bonds. The predicted octanol–water partition coefficient (Wildman–Crippen LogP) is 3.41. The molecule has 0 fully saturated rings. The van der Waals surface area contributed by atoms with E-state index in [0.29, 0.717) is 0 Å². The Bertz CT molecular complexity index is 1090. The molecule has 0 aliphatic carbocycles. The molecule has 28 heavy (non-hydrogen) atoms. The molecule has 1 aromatic heterocycles. The van der Waals surface area contributed by atoms with E-state index in [4.69, 9.17) is 5.73 Å². The van der Waals surface area contributed by atoms with Crippen LogP contribution in [0.25, 0.3) is 11.1 Å². The summed E-state index contributed by atoms with van der Waals surface area (Å²) in [5.41, 5.74) is -2.89. The van der Waals surface area contributed by atoms with Crippen LogP contribution in [-0.2, 0) is 12.4 Å². The fraction of sp³-hybridized carbons (Fsp3) is 0.188. The van der Waals surface area contributed by atoms with Gasteiger partial charge < -0.3 is 15.5 Å². The van der Waals surface area contributed by atoms with Gasteiger partial charge in [0.1, 0.15) is 34.8 Å². The topological polar surface area (TPSA) is 116 Å². The number of nitrogens with two attached hydrogens (primary N) is 1. The fourth-order valence-corrected chi connectivity index (χ4v) is 2.51. The van der Waals surface area contributed by atoms with Crippen LogP contribution in [0.4, 0.5) is 32.2 Å². The summed E-state index contributed by atoms with van der Waals surface area (Å²) in [7, 11) is 0.799. The van der Waals surface area contributed by atoms with Gasteiger partial charge in [0.05, 0.1) is 18.2 Å². The quantitative estimate of drug-likeness (QED) is 0.747. The van der Waals surface area contributed by atoms with Crippen LogP contribution in [0.1, 0.15) is 22.3 Å². The van der Waals surface area contributed by atoms with Crippen molar-refractivity contribution >= 4 is 5.82 Å². The van der Waals surface area contributed by atoms with Crippen molar-refractivity contribution in [3.05, 3.63) is 44.7 Å². The number of halogens is 6. The molecule has 0 saturated carbocycles. The minimum Gasteiger partial charge on any atom is -0.496 e. The van der Waals surface area contributed by atoms with E-state index in [0.717, 1.165) is 7.11 Å². The maximum Gasteiger partial charge on any atom is 0.417 e. The van der Waals surface area contributed by atoms with Crippen LogP contribution < -0.4 is 16.0 Å². The van der Waals surface area contributed by atoms with Crippen molar-refractivity contribution in [2.24, 2.45) is 0 Å². The number of nitriles is 2. The van der Waals surface area contributed by atoms with Crippen LogP contribution in [0.5, 0.6) is 5.75 Å². The first kappa shape index (κ1) is 20.6. The third kappa shape index (κ3) is 3.44. The second kappa shape index (κ2) is 6.81. The van der Waals surface area contributed by atoms with Gasteiger partial charge >= 0.3 is 12.4 Å². The second-order valence-corrected chi connectivity index (χ2v) is 5.31. The molecule has 0 saturated heterocycles. The molecule has 0 unspecified atom stereocenters. The zero-order chi connectivity index (χ0) is 21.4. The number of hydrogen-bond acceptors (Lipinski definition) is 5. The molecule has 1 aromatic carbocycles. The normalized spacial score (nSPS) is 11.6. The Balaban J connectivity index is 3.18. The maximum absolute atomic E-state index is 13.6. The number of aromatic nitrogens is 1. The Kier molecular flexibility index (Phi) is 5.02. The molecule has 12 heteroatoms. The molecule has 0 atom stereocenters. The number of benzene rings is 1. The predicted molar refractivity (Wildman–Crippen MR) is 82.9 cm³/mol. The number of aromatic amines is 1. The highest BCUT2D eigenvalue weighted by Gasteiger charge is 2.41. The van der Waals surface area contributed by atoms with Crippen molar-refractivity contribution in [2.45, 2.75) is 12.4 Å². The van der Waals surface area contributed by atoms with Crippen LogP contribution in [0.15, 0.2) is 16.9 Å². The lowest BCUT2D eigenvalue weighted by Gasteiger charge is -2.20. The van der Waals surface area contributed by atoms with Crippen molar-refractivity contribution in [1.29, 1.82) is 10.5 Å². The highest BCUT2D eigenvalue weighted by molar-refractivity contribution is 5.86. The molecule has 3 N–H and O–H groups in total. The summed E-state index contributed by atoms with van der Waals surface area (Å²) in [4.78, 5) is 13.9. The third-order valence-corrected chi connectivity index (χ3v) is 3.67. The lowest BCUT2D eigenvalue weighted by molar-refractivity contribution is -0.142. The molecule has 2 rings (SSSR count). The SMILES string of the molecule is COc1cc(C(F)(F)F)cc(C(F)(F)F)c1-c1c(C#N)c(N)[nH]c(=O)c1C#N. The van der Waals surface area contributed by atoms with E-state index in [2.05, 4.69) is 4.74 Å². The average Bonchev–Trinajstić information content (AvgIpc) is 2.58. The van der Waals surface area contributed by atoms with E-state index < -0.39 is 62.9 Å². The van der Waals surface area contributed by atoms with Gasteiger partial charge in [-0.15, -0.1) is 0 Å². The highest BCUT2D eigenvalue weighted by Crippen LogP contribution is 2.47. The zero-order valence-electron chi connectivity index (χ0n) is 13.7. The monoisotopic (exact) mass is 402 g/mol. The number of H-pyrrole nitrogens is 1. The number of anilines is 1. The Morgan fingerprint density at radius 3 is 2.00 bits per heavy atom. The summed E-state index contributed by atoms with van der Waals surface area (Å²) in [6.07, 6.45) is -10.5. The molecular formula is C16H8F6N4O2. The number of rotatable bonds is 2. The maximum atomic E-state index is 13.6. The molecular weight excluding hydrogens is 394 g/mol. The van der Waals surface area contributed by atoms with E-state index >= 15 is 0 Å². The summed E-state index contributed by atoms with van der Waals surface area (Å²) >= 11 is 0. The van der Waals surface area contributed by atoms with Crippen LogP contribution in [-0.4, -0.2) is 12.1 Å². The van der Waals surface area contributed by atoms with Crippen molar-refractivity contribution < 1.29 is 31.1 Å². The van der Waals surface area contributed by atoms with Crippen molar-refractivity contribution in [2.75, 3.05) is 12.8 Å². The molecule has 2 aromatic rings. The van der Waals surface area contributed by atoms with E-state index in [1.807, 2.05) is 4.98 Å². The van der Waals surface area contributed by atoms with Crippen molar-refractivity contribution in [3.63, 3.8) is 0 Å². The molecule has 146 valence electrons. The molecule has 0 radical (unpaired) electrons. The second-order valence-electron chi connectivity index (χ2n) is 5.31. The Labute approximate surface area is 152 Å². The molecule has 0 bridgehead atoms.